The monoisotopic (exact) mass is 578 g/mol. The molecule has 222 valence electrons. The third kappa shape index (κ3) is 4.53. The third-order valence-corrected chi connectivity index (χ3v) is 11.0. The van der Waals surface area contributed by atoms with E-state index in [1.807, 2.05) is 0 Å². The zero-order chi connectivity index (χ0) is 30.3. The molecule has 3 unspecified atom stereocenters. The summed E-state index contributed by atoms with van der Waals surface area (Å²) in [4.78, 5) is 0. The van der Waals surface area contributed by atoms with Crippen molar-refractivity contribution >= 4 is 0 Å². The SMILES string of the molecule is CCCCC(C)c1cc2[n+](cc1-c1ccccc1)C(C1C[n+]3ccccc3-c3ccccc31)C(CC)(CC)c1ccccc1-2. The number of hydrogen-bond acceptors (Lipinski definition) is 0. The van der Waals surface area contributed by atoms with Crippen molar-refractivity contribution in [3.8, 4) is 33.6 Å². The summed E-state index contributed by atoms with van der Waals surface area (Å²) >= 11 is 0. The molecule has 0 saturated heterocycles. The molecule has 0 saturated carbocycles. The van der Waals surface area contributed by atoms with Crippen LogP contribution in [0.2, 0.25) is 0 Å². The zero-order valence-corrected chi connectivity index (χ0v) is 26.8. The van der Waals surface area contributed by atoms with E-state index in [4.69, 9.17) is 0 Å². The van der Waals surface area contributed by atoms with Gasteiger partial charge in [0.25, 0.3) is 0 Å². The highest BCUT2D eigenvalue weighted by atomic mass is 15.1. The molecular weight excluding hydrogens is 532 g/mol. The number of hydrogen-bond donors (Lipinski definition) is 0. The Labute approximate surface area is 264 Å². The minimum Gasteiger partial charge on any atom is -0.197 e. The van der Waals surface area contributed by atoms with Gasteiger partial charge in [0.15, 0.2) is 25.0 Å². The quantitative estimate of drug-likeness (QED) is 0.162. The van der Waals surface area contributed by atoms with Gasteiger partial charge in [0.1, 0.15) is 5.92 Å². The largest absolute Gasteiger partial charge is 0.213 e. The Kier molecular flexibility index (Phi) is 7.70. The van der Waals surface area contributed by atoms with Gasteiger partial charge in [-0.3, -0.25) is 0 Å². The highest BCUT2D eigenvalue weighted by molar-refractivity contribution is 5.72. The molecule has 5 aromatic rings. The first-order valence-electron chi connectivity index (χ1n) is 16.9. The van der Waals surface area contributed by atoms with Gasteiger partial charge in [0, 0.05) is 23.8 Å². The summed E-state index contributed by atoms with van der Waals surface area (Å²) in [6.07, 6.45) is 10.7. The topological polar surface area (TPSA) is 7.76 Å². The standard InChI is InChI=1S/C42H46N2/c1-5-8-18-30(4)35-27-40-34-23-14-15-24-38(34)42(6-2,7-3)41(44(40)29-36(35)31-19-10-9-11-20-31)37-28-43-26-17-16-25-39(43)33-22-13-12-21-32(33)37/h9-17,19-27,29-30,37,41H,5-8,18,28H2,1-4H3/q+2. The highest BCUT2D eigenvalue weighted by Gasteiger charge is 2.56. The second-order valence-corrected chi connectivity index (χ2v) is 13.1. The molecule has 4 heterocycles. The van der Waals surface area contributed by atoms with Crippen molar-refractivity contribution in [3.05, 3.63) is 132 Å². The van der Waals surface area contributed by atoms with Gasteiger partial charge < -0.3 is 0 Å². The van der Waals surface area contributed by atoms with Crippen LogP contribution in [0.1, 0.15) is 94.4 Å². The Morgan fingerprint density at radius 2 is 1.45 bits per heavy atom. The molecule has 3 aromatic carbocycles. The van der Waals surface area contributed by atoms with E-state index in [9.17, 15) is 0 Å². The van der Waals surface area contributed by atoms with Gasteiger partial charge in [-0.2, -0.15) is 9.13 Å². The average Bonchev–Trinajstić information content (AvgIpc) is 3.09. The number of pyridine rings is 2. The molecule has 44 heavy (non-hydrogen) atoms. The Bertz CT molecular complexity index is 1780. The van der Waals surface area contributed by atoms with Crippen LogP contribution in [-0.4, -0.2) is 0 Å². The van der Waals surface area contributed by atoms with Crippen LogP contribution in [0.4, 0.5) is 0 Å². The number of unbranched alkanes of at least 4 members (excludes halogenated alkanes) is 1. The number of rotatable bonds is 8. The van der Waals surface area contributed by atoms with Crippen molar-refractivity contribution < 1.29 is 9.13 Å². The van der Waals surface area contributed by atoms with Crippen molar-refractivity contribution in [3.63, 3.8) is 0 Å². The normalized spacial score (nSPS) is 18.5. The second kappa shape index (κ2) is 11.8. The molecule has 2 aromatic heterocycles. The van der Waals surface area contributed by atoms with E-state index in [0.717, 1.165) is 19.4 Å². The maximum atomic E-state index is 2.74. The highest BCUT2D eigenvalue weighted by Crippen LogP contribution is 2.54. The van der Waals surface area contributed by atoms with Crippen LogP contribution < -0.4 is 9.13 Å². The van der Waals surface area contributed by atoms with Crippen LogP contribution >= 0.6 is 0 Å². The van der Waals surface area contributed by atoms with E-state index in [2.05, 4.69) is 152 Å². The van der Waals surface area contributed by atoms with Crippen molar-refractivity contribution in [2.45, 2.75) is 89.6 Å². The Hall–Kier alpha value is -4.04. The van der Waals surface area contributed by atoms with E-state index >= 15 is 0 Å². The zero-order valence-electron chi connectivity index (χ0n) is 26.8. The van der Waals surface area contributed by atoms with Crippen LogP contribution in [0.25, 0.3) is 33.6 Å². The van der Waals surface area contributed by atoms with Gasteiger partial charge in [-0.25, -0.2) is 0 Å². The van der Waals surface area contributed by atoms with Crippen LogP contribution in [0.15, 0.2) is 116 Å². The van der Waals surface area contributed by atoms with Crippen molar-refractivity contribution in [1.82, 2.24) is 0 Å². The fourth-order valence-electron chi connectivity index (χ4n) is 8.67. The minimum atomic E-state index is 0.00217. The maximum absolute atomic E-state index is 2.74. The predicted octanol–water partition coefficient (Wildman–Crippen LogP) is 9.97. The summed E-state index contributed by atoms with van der Waals surface area (Å²) in [7, 11) is 0. The third-order valence-electron chi connectivity index (χ3n) is 11.0. The van der Waals surface area contributed by atoms with Gasteiger partial charge in [-0.15, -0.1) is 0 Å². The fraction of sp³-hybridized carbons (Fsp3) is 0.333. The van der Waals surface area contributed by atoms with Crippen molar-refractivity contribution in [2.75, 3.05) is 0 Å². The average molecular weight is 579 g/mol. The molecule has 0 spiro atoms. The summed E-state index contributed by atoms with van der Waals surface area (Å²) in [6, 6.07) is 39.2. The van der Waals surface area contributed by atoms with E-state index in [1.54, 1.807) is 0 Å². The van der Waals surface area contributed by atoms with E-state index in [1.165, 1.54) is 69.6 Å². The summed E-state index contributed by atoms with van der Waals surface area (Å²) in [5, 5.41) is 0. The first-order valence-corrected chi connectivity index (χ1v) is 16.9. The number of nitrogens with zero attached hydrogens (tertiary/aromatic N) is 2. The smallest absolute Gasteiger partial charge is 0.197 e. The first kappa shape index (κ1) is 28.7. The lowest BCUT2D eigenvalue weighted by atomic mass is 9.61. The van der Waals surface area contributed by atoms with Gasteiger partial charge in [0.2, 0.25) is 11.4 Å². The van der Waals surface area contributed by atoms with Crippen LogP contribution in [0, 0.1) is 0 Å². The van der Waals surface area contributed by atoms with E-state index in [0.29, 0.717) is 11.8 Å². The molecule has 2 aliphatic heterocycles. The molecule has 0 amide bonds. The molecule has 3 atom stereocenters. The molecular formula is C42H46N2+2. The molecule has 7 rings (SSSR count). The molecule has 2 heteroatoms. The lowest BCUT2D eigenvalue weighted by Crippen LogP contribution is -2.60. The van der Waals surface area contributed by atoms with Gasteiger partial charge >= 0.3 is 0 Å². The number of aromatic nitrogens is 2. The molecule has 2 aliphatic rings. The van der Waals surface area contributed by atoms with E-state index < -0.39 is 0 Å². The summed E-state index contributed by atoms with van der Waals surface area (Å²) in [6.45, 7) is 10.6. The van der Waals surface area contributed by atoms with E-state index in [-0.39, 0.29) is 11.5 Å². The number of benzene rings is 3. The van der Waals surface area contributed by atoms with Crippen LogP contribution in [0.5, 0.6) is 0 Å². The molecule has 0 fully saturated rings. The second-order valence-electron chi connectivity index (χ2n) is 13.1. The lowest BCUT2D eigenvalue weighted by Gasteiger charge is -2.44. The van der Waals surface area contributed by atoms with Crippen LogP contribution in [0.3, 0.4) is 0 Å². The molecule has 0 aliphatic carbocycles. The lowest BCUT2D eigenvalue weighted by molar-refractivity contribution is -0.749. The van der Waals surface area contributed by atoms with Gasteiger partial charge in [-0.05, 0) is 65.6 Å². The number of fused-ring (bicyclic) bond motifs is 6. The van der Waals surface area contributed by atoms with Gasteiger partial charge in [-0.1, -0.05) is 107 Å². The minimum absolute atomic E-state index is 0.00217. The molecule has 2 nitrogen and oxygen atoms in total. The maximum Gasteiger partial charge on any atom is 0.213 e. The predicted molar refractivity (Wildman–Crippen MR) is 182 cm³/mol. The summed E-state index contributed by atoms with van der Waals surface area (Å²) in [5.74, 6) is 0.818. The summed E-state index contributed by atoms with van der Waals surface area (Å²) in [5.41, 5.74) is 12.7. The first-order chi connectivity index (χ1) is 21.6. The molecule has 0 N–H and O–H groups in total. The van der Waals surface area contributed by atoms with Crippen LogP contribution in [-0.2, 0) is 12.0 Å². The fourth-order valence-corrected chi connectivity index (χ4v) is 8.67. The Balaban J connectivity index is 1.54. The Morgan fingerprint density at radius 3 is 2.23 bits per heavy atom. The Morgan fingerprint density at radius 1 is 0.750 bits per heavy atom. The van der Waals surface area contributed by atoms with Crippen molar-refractivity contribution in [1.29, 1.82) is 0 Å². The summed E-state index contributed by atoms with van der Waals surface area (Å²) < 4.78 is 5.24. The molecule has 0 bridgehead atoms. The van der Waals surface area contributed by atoms with Crippen molar-refractivity contribution in [2.24, 2.45) is 0 Å². The molecule has 0 radical (unpaired) electrons. The van der Waals surface area contributed by atoms with Gasteiger partial charge in [0.05, 0.1) is 16.5 Å².